The molecule has 1 aliphatic rings. The quantitative estimate of drug-likeness (QED) is 0.436. The molecule has 1 aromatic rings. The van der Waals surface area contributed by atoms with Crippen molar-refractivity contribution in [2.45, 2.75) is 25.5 Å². The average molecular weight is 376 g/mol. The minimum absolute atomic E-state index is 0.291. The summed E-state index contributed by atoms with van der Waals surface area (Å²) in [6.07, 6.45) is 2.27. The number of hydrogen-bond acceptors (Lipinski definition) is 4. The Kier molecular flexibility index (Phi) is 7.49. The maximum atomic E-state index is 5.72. The molecule has 0 radical (unpaired) electrons. The van der Waals surface area contributed by atoms with E-state index < -0.39 is 0 Å². The van der Waals surface area contributed by atoms with Crippen LogP contribution < -0.4 is 10.6 Å². The molecule has 5 nitrogen and oxygen atoms in total. The Labute approximate surface area is 138 Å². The van der Waals surface area contributed by atoms with Crippen LogP contribution in [0.15, 0.2) is 20.9 Å². The molecule has 0 amide bonds. The number of nitrogens with zero attached hydrogens (tertiary/aromatic N) is 1. The second kappa shape index (κ2) is 9.40. The second-order valence-corrected chi connectivity index (χ2v) is 7.32. The molecule has 1 aromatic heterocycles. The van der Waals surface area contributed by atoms with Crippen molar-refractivity contribution in [2.24, 2.45) is 4.99 Å². The Hall–Kier alpha value is -0.630. The predicted octanol–water partition coefficient (Wildman–Crippen LogP) is 2.37. The van der Waals surface area contributed by atoms with Gasteiger partial charge in [0.1, 0.15) is 0 Å². The van der Waals surface area contributed by atoms with Crippen molar-refractivity contribution in [1.29, 1.82) is 0 Å². The third-order valence-corrected chi connectivity index (χ3v) is 4.76. The lowest BCUT2D eigenvalue weighted by molar-refractivity contribution is 0.0420. The molecule has 7 heteroatoms. The summed E-state index contributed by atoms with van der Waals surface area (Å²) in [5.41, 5.74) is 0. The SMILES string of the molecule is CN=C(NCCCOC1CCOC1)NCc1ccc(Br)s1. The first-order valence-electron chi connectivity index (χ1n) is 7.16. The number of ether oxygens (including phenoxy) is 2. The van der Waals surface area contributed by atoms with Crippen LogP contribution in [0.3, 0.4) is 0 Å². The van der Waals surface area contributed by atoms with Gasteiger partial charge in [0.15, 0.2) is 5.96 Å². The van der Waals surface area contributed by atoms with E-state index in [4.69, 9.17) is 9.47 Å². The van der Waals surface area contributed by atoms with Crippen LogP contribution in [0.2, 0.25) is 0 Å². The smallest absolute Gasteiger partial charge is 0.191 e. The van der Waals surface area contributed by atoms with Gasteiger partial charge < -0.3 is 20.1 Å². The Morgan fingerprint density at radius 2 is 2.43 bits per heavy atom. The van der Waals surface area contributed by atoms with E-state index in [9.17, 15) is 0 Å². The van der Waals surface area contributed by atoms with Crippen molar-refractivity contribution >= 4 is 33.2 Å². The lowest BCUT2D eigenvalue weighted by Crippen LogP contribution is -2.37. The highest BCUT2D eigenvalue weighted by molar-refractivity contribution is 9.11. The van der Waals surface area contributed by atoms with Gasteiger partial charge in [0.25, 0.3) is 0 Å². The molecule has 0 aromatic carbocycles. The lowest BCUT2D eigenvalue weighted by Gasteiger charge is -2.12. The molecule has 1 unspecified atom stereocenters. The number of nitrogens with one attached hydrogen (secondary N) is 2. The zero-order valence-electron chi connectivity index (χ0n) is 12.2. The fraction of sp³-hybridized carbons (Fsp3) is 0.643. The summed E-state index contributed by atoms with van der Waals surface area (Å²) in [7, 11) is 1.78. The Morgan fingerprint density at radius 1 is 1.52 bits per heavy atom. The van der Waals surface area contributed by atoms with Crippen LogP contribution in [0.4, 0.5) is 0 Å². The highest BCUT2D eigenvalue weighted by atomic mass is 79.9. The van der Waals surface area contributed by atoms with Crippen molar-refractivity contribution < 1.29 is 9.47 Å². The van der Waals surface area contributed by atoms with Crippen LogP contribution in [-0.4, -0.2) is 45.5 Å². The number of rotatable bonds is 7. The van der Waals surface area contributed by atoms with E-state index in [1.165, 1.54) is 4.88 Å². The number of halogens is 1. The number of aliphatic imine (C=N–C) groups is 1. The third-order valence-electron chi connectivity index (χ3n) is 3.14. The monoisotopic (exact) mass is 375 g/mol. The van der Waals surface area contributed by atoms with Gasteiger partial charge in [-0.1, -0.05) is 0 Å². The summed E-state index contributed by atoms with van der Waals surface area (Å²) >= 11 is 5.19. The molecule has 21 heavy (non-hydrogen) atoms. The van der Waals surface area contributed by atoms with Crippen LogP contribution in [0, 0.1) is 0 Å². The maximum Gasteiger partial charge on any atom is 0.191 e. The molecule has 118 valence electrons. The van der Waals surface area contributed by atoms with E-state index >= 15 is 0 Å². The Balaban J connectivity index is 1.55. The van der Waals surface area contributed by atoms with Crippen LogP contribution in [-0.2, 0) is 16.0 Å². The minimum atomic E-state index is 0.291. The zero-order valence-corrected chi connectivity index (χ0v) is 14.6. The van der Waals surface area contributed by atoms with E-state index in [1.54, 1.807) is 18.4 Å². The van der Waals surface area contributed by atoms with Crippen LogP contribution >= 0.6 is 27.3 Å². The van der Waals surface area contributed by atoms with Crippen LogP contribution in [0.5, 0.6) is 0 Å². The van der Waals surface area contributed by atoms with Gasteiger partial charge in [-0.2, -0.15) is 0 Å². The van der Waals surface area contributed by atoms with Crippen molar-refractivity contribution in [1.82, 2.24) is 10.6 Å². The number of hydrogen-bond donors (Lipinski definition) is 2. The van der Waals surface area contributed by atoms with Crippen molar-refractivity contribution in [3.8, 4) is 0 Å². The van der Waals surface area contributed by atoms with Gasteiger partial charge in [-0.25, -0.2) is 0 Å². The molecule has 0 spiro atoms. The van der Waals surface area contributed by atoms with Crippen LogP contribution in [0.1, 0.15) is 17.7 Å². The van der Waals surface area contributed by atoms with E-state index in [2.05, 4.69) is 43.7 Å². The normalized spacial score (nSPS) is 19.0. The lowest BCUT2D eigenvalue weighted by atomic mass is 10.3. The standard InChI is InChI=1S/C14H22BrN3O2S/c1-16-14(18-9-12-3-4-13(15)21-12)17-6-2-7-20-11-5-8-19-10-11/h3-4,11H,2,5-10H2,1H3,(H2,16,17,18). The fourth-order valence-corrected chi connectivity index (χ4v) is 3.43. The molecule has 0 saturated carbocycles. The minimum Gasteiger partial charge on any atom is -0.379 e. The van der Waals surface area contributed by atoms with Gasteiger partial charge in [0.05, 0.1) is 23.0 Å². The summed E-state index contributed by atoms with van der Waals surface area (Å²) in [5.74, 6) is 0.823. The molecule has 1 saturated heterocycles. The second-order valence-electron chi connectivity index (χ2n) is 4.77. The molecule has 0 bridgehead atoms. The summed E-state index contributed by atoms with van der Waals surface area (Å²) in [6, 6.07) is 4.16. The van der Waals surface area contributed by atoms with Gasteiger partial charge in [-0.05, 0) is 40.9 Å². The highest BCUT2D eigenvalue weighted by Gasteiger charge is 2.15. The van der Waals surface area contributed by atoms with Crippen LogP contribution in [0.25, 0.3) is 0 Å². The summed E-state index contributed by atoms with van der Waals surface area (Å²) < 4.78 is 12.1. The Bertz CT molecular complexity index is 447. The summed E-state index contributed by atoms with van der Waals surface area (Å²) in [4.78, 5) is 5.48. The highest BCUT2D eigenvalue weighted by Crippen LogP contribution is 2.21. The fourth-order valence-electron chi connectivity index (χ4n) is 2.01. The first kappa shape index (κ1) is 16.7. The van der Waals surface area contributed by atoms with E-state index in [0.717, 1.165) is 55.5 Å². The van der Waals surface area contributed by atoms with Gasteiger partial charge in [0, 0.05) is 31.7 Å². The largest absolute Gasteiger partial charge is 0.379 e. The number of thiophene rings is 1. The topological polar surface area (TPSA) is 54.9 Å². The number of guanidine groups is 1. The molecule has 1 aliphatic heterocycles. The Morgan fingerprint density at radius 3 is 3.10 bits per heavy atom. The first-order chi connectivity index (χ1) is 10.3. The third kappa shape index (κ3) is 6.34. The molecule has 2 N–H and O–H groups in total. The van der Waals surface area contributed by atoms with Gasteiger partial charge in [0.2, 0.25) is 0 Å². The van der Waals surface area contributed by atoms with Gasteiger partial charge >= 0.3 is 0 Å². The van der Waals surface area contributed by atoms with E-state index in [1.807, 2.05) is 0 Å². The molecule has 2 rings (SSSR count). The zero-order chi connectivity index (χ0) is 14.9. The predicted molar refractivity (Wildman–Crippen MR) is 90.0 cm³/mol. The molecule has 1 fully saturated rings. The van der Waals surface area contributed by atoms with Gasteiger partial charge in [-0.15, -0.1) is 11.3 Å². The molecular formula is C14H22BrN3O2S. The molecule has 0 aliphatic carbocycles. The molecule has 2 heterocycles. The summed E-state index contributed by atoms with van der Waals surface area (Å²) in [6.45, 7) is 3.97. The maximum absolute atomic E-state index is 5.72. The summed E-state index contributed by atoms with van der Waals surface area (Å²) in [5, 5.41) is 6.59. The van der Waals surface area contributed by atoms with E-state index in [-0.39, 0.29) is 0 Å². The van der Waals surface area contributed by atoms with E-state index in [0.29, 0.717) is 6.10 Å². The average Bonchev–Trinajstić information content (AvgIpc) is 3.13. The van der Waals surface area contributed by atoms with Crippen molar-refractivity contribution in [3.05, 3.63) is 20.8 Å². The van der Waals surface area contributed by atoms with Crippen molar-refractivity contribution in [3.63, 3.8) is 0 Å². The van der Waals surface area contributed by atoms with Crippen molar-refractivity contribution in [2.75, 3.05) is 33.4 Å². The first-order valence-corrected chi connectivity index (χ1v) is 8.77. The molecular weight excluding hydrogens is 354 g/mol. The van der Waals surface area contributed by atoms with Gasteiger partial charge in [-0.3, -0.25) is 4.99 Å². The molecule has 1 atom stereocenters.